The van der Waals surface area contributed by atoms with Gasteiger partial charge >= 0.3 is 0 Å². The van der Waals surface area contributed by atoms with E-state index in [1.54, 1.807) is 0 Å². The standard InChI is InChI=1S/C19H20N4O2/c1-22(15-8-4-2-5-9-15)13-12-20-19(25)18-17(24)14-23(21-18)16-10-6-3-7-11-16/h2-11,14,24H,12-13H2,1H3,(H,20,25). The molecule has 0 spiro atoms. The van der Waals surface area contributed by atoms with Gasteiger partial charge in [-0.2, -0.15) is 5.10 Å². The molecule has 128 valence electrons. The van der Waals surface area contributed by atoms with Crippen molar-refractivity contribution in [2.75, 3.05) is 25.0 Å². The Balaban J connectivity index is 1.59. The van der Waals surface area contributed by atoms with Gasteiger partial charge in [0, 0.05) is 25.8 Å². The molecule has 0 bridgehead atoms. The van der Waals surface area contributed by atoms with Gasteiger partial charge in [-0.3, -0.25) is 4.79 Å². The predicted molar refractivity (Wildman–Crippen MR) is 97.3 cm³/mol. The molecule has 2 N–H and O–H groups in total. The Hall–Kier alpha value is -3.28. The summed E-state index contributed by atoms with van der Waals surface area (Å²) in [6.07, 6.45) is 1.43. The van der Waals surface area contributed by atoms with Crippen LogP contribution in [0.4, 0.5) is 5.69 Å². The highest BCUT2D eigenvalue weighted by atomic mass is 16.3. The number of nitrogens with zero attached hydrogens (tertiary/aromatic N) is 3. The van der Waals surface area contributed by atoms with Gasteiger partial charge in [0.2, 0.25) is 0 Å². The molecule has 6 nitrogen and oxygen atoms in total. The first-order valence-corrected chi connectivity index (χ1v) is 8.03. The van der Waals surface area contributed by atoms with Crippen molar-refractivity contribution in [2.45, 2.75) is 0 Å². The van der Waals surface area contributed by atoms with Gasteiger partial charge in [-0.1, -0.05) is 36.4 Å². The lowest BCUT2D eigenvalue weighted by Crippen LogP contribution is -2.33. The molecule has 25 heavy (non-hydrogen) atoms. The van der Waals surface area contributed by atoms with E-state index < -0.39 is 5.91 Å². The first-order chi connectivity index (χ1) is 12.1. The molecule has 0 aliphatic carbocycles. The number of hydrogen-bond acceptors (Lipinski definition) is 4. The minimum atomic E-state index is -0.395. The molecular formula is C19H20N4O2. The van der Waals surface area contributed by atoms with E-state index in [4.69, 9.17) is 0 Å². The van der Waals surface area contributed by atoms with Crippen LogP contribution >= 0.6 is 0 Å². The monoisotopic (exact) mass is 336 g/mol. The Morgan fingerprint density at radius 1 is 1.12 bits per heavy atom. The second-order valence-corrected chi connectivity index (χ2v) is 5.66. The van der Waals surface area contributed by atoms with Gasteiger partial charge in [0.1, 0.15) is 0 Å². The number of rotatable bonds is 6. The predicted octanol–water partition coefficient (Wildman–Crippen LogP) is 2.44. The van der Waals surface area contributed by atoms with Gasteiger partial charge in [-0.05, 0) is 24.3 Å². The second-order valence-electron chi connectivity index (χ2n) is 5.66. The average Bonchev–Trinajstić information content (AvgIpc) is 3.05. The van der Waals surface area contributed by atoms with Crippen LogP contribution in [0.5, 0.6) is 5.75 Å². The van der Waals surface area contributed by atoms with Gasteiger partial charge < -0.3 is 15.3 Å². The van der Waals surface area contributed by atoms with E-state index in [2.05, 4.69) is 10.4 Å². The molecule has 2 aromatic carbocycles. The SMILES string of the molecule is CN(CCNC(=O)c1nn(-c2ccccc2)cc1O)c1ccccc1. The number of carbonyl (C=O) groups is 1. The van der Waals surface area contributed by atoms with Crippen LogP contribution in [0.2, 0.25) is 0 Å². The maximum absolute atomic E-state index is 12.3. The lowest BCUT2D eigenvalue weighted by molar-refractivity contribution is 0.0946. The fraction of sp³-hybridized carbons (Fsp3) is 0.158. The number of benzene rings is 2. The van der Waals surface area contributed by atoms with Crippen molar-refractivity contribution in [3.8, 4) is 11.4 Å². The fourth-order valence-electron chi connectivity index (χ4n) is 2.47. The van der Waals surface area contributed by atoms with E-state index in [-0.39, 0.29) is 11.4 Å². The maximum atomic E-state index is 12.3. The van der Waals surface area contributed by atoms with Gasteiger partial charge in [-0.15, -0.1) is 0 Å². The number of amides is 1. The van der Waals surface area contributed by atoms with Gasteiger partial charge in [0.05, 0.1) is 11.9 Å². The Bertz CT molecular complexity index is 831. The van der Waals surface area contributed by atoms with Gasteiger partial charge in [-0.25, -0.2) is 4.68 Å². The van der Waals surface area contributed by atoms with Crippen LogP contribution in [0, 0.1) is 0 Å². The van der Waals surface area contributed by atoms with E-state index in [1.807, 2.05) is 72.6 Å². The minimum Gasteiger partial charge on any atom is -0.504 e. The van der Waals surface area contributed by atoms with Crippen LogP contribution in [0.1, 0.15) is 10.5 Å². The van der Waals surface area contributed by atoms with E-state index in [1.165, 1.54) is 10.9 Å². The summed E-state index contributed by atoms with van der Waals surface area (Å²) in [6, 6.07) is 19.3. The normalized spacial score (nSPS) is 10.4. The molecule has 1 heterocycles. The number of anilines is 1. The summed E-state index contributed by atoms with van der Waals surface area (Å²) in [4.78, 5) is 14.3. The van der Waals surface area contributed by atoms with Crippen LogP contribution in [0.15, 0.2) is 66.9 Å². The highest BCUT2D eigenvalue weighted by Gasteiger charge is 2.16. The Labute approximate surface area is 146 Å². The second kappa shape index (κ2) is 7.53. The zero-order chi connectivity index (χ0) is 17.6. The van der Waals surface area contributed by atoms with Crippen molar-refractivity contribution < 1.29 is 9.90 Å². The molecular weight excluding hydrogens is 316 g/mol. The first-order valence-electron chi connectivity index (χ1n) is 8.03. The van der Waals surface area contributed by atoms with Crippen LogP contribution < -0.4 is 10.2 Å². The topological polar surface area (TPSA) is 70.4 Å². The smallest absolute Gasteiger partial charge is 0.275 e. The molecule has 0 radical (unpaired) electrons. The molecule has 3 aromatic rings. The number of para-hydroxylation sites is 2. The Morgan fingerprint density at radius 2 is 1.76 bits per heavy atom. The molecule has 0 fully saturated rings. The molecule has 0 atom stereocenters. The molecule has 0 saturated carbocycles. The number of aromatic hydroxyl groups is 1. The summed E-state index contributed by atoms with van der Waals surface area (Å²) < 4.78 is 1.49. The molecule has 1 amide bonds. The summed E-state index contributed by atoms with van der Waals surface area (Å²) in [5, 5.41) is 17.0. The molecule has 0 unspecified atom stereocenters. The number of aromatic nitrogens is 2. The lowest BCUT2D eigenvalue weighted by Gasteiger charge is -2.19. The van der Waals surface area contributed by atoms with Gasteiger partial charge in [0.15, 0.2) is 11.4 Å². The van der Waals surface area contributed by atoms with Crippen molar-refractivity contribution in [1.29, 1.82) is 0 Å². The van der Waals surface area contributed by atoms with E-state index in [9.17, 15) is 9.90 Å². The summed E-state index contributed by atoms with van der Waals surface area (Å²) in [6.45, 7) is 1.10. The first kappa shape index (κ1) is 16.6. The third kappa shape index (κ3) is 3.98. The zero-order valence-electron chi connectivity index (χ0n) is 14.0. The van der Waals surface area contributed by atoms with Crippen molar-refractivity contribution in [1.82, 2.24) is 15.1 Å². The van der Waals surface area contributed by atoms with E-state index in [0.29, 0.717) is 13.1 Å². The Morgan fingerprint density at radius 3 is 2.44 bits per heavy atom. The molecule has 6 heteroatoms. The van der Waals surface area contributed by atoms with Crippen LogP contribution in [0.3, 0.4) is 0 Å². The summed E-state index contributed by atoms with van der Waals surface area (Å²) in [7, 11) is 1.96. The third-order valence-corrected chi connectivity index (χ3v) is 3.86. The molecule has 0 aliphatic rings. The van der Waals surface area contributed by atoms with Gasteiger partial charge in [0.25, 0.3) is 5.91 Å². The highest BCUT2D eigenvalue weighted by Crippen LogP contribution is 2.18. The average molecular weight is 336 g/mol. The molecule has 3 rings (SSSR count). The molecule has 0 aliphatic heterocycles. The fourth-order valence-corrected chi connectivity index (χ4v) is 2.47. The number of nitrogens with one attached hydrogen (secondary N) is 1. The van der Waals surface area contributed by atoms with Crippen LogP contribution in [-0.4, -0.2) is 40.9 Å². The third-order valence-electron chi connectivity index (χ3n) is 3.86. The molecule has 1 aromatic heterocycles. The molecule has 0 saturated heterocycles. The Kier molecular flexibility index (Phi) is 4.99. The number of likely N-dealkylation sites (N-methyl/N-ethyl adjacent to an activating group) is 1. The summed E-state index contributed by atoms with van der Waals surface area (Å²) in [5.74, 6) is -0.536. The van der Waals surface area contributed by atoms with Crippen LogP contribution in [-0.2, 0) is 0 Å². The van der Waals surface area contributed by atoms with Crippen molar-refractivity contribution in [2.24, 2.45) is 0 Å². The number of hydrogen-bond donors (Lipinski definition) is 2. The lowest BCUT2D eigenvalue weighted by atomic mass is 10.3. The minimum absolute atomic E-state index is 0.0196. The van der Waals surface area contributed by atoms with E-state index in [0.717, 1.165) is 11.4 Å². The quantitative estimate of drug-likeness (QED) is 0.725. The highest BCUT2D eigenvalue weighted by molar-refractivity contribution is 5.94. The largest absolute Gasteiger partial charge is 0.504 e. The van der Waals surface area contributed by atoms with Crippen molar-refractivity contribution in [3.05, 3.63) is 72.6 Å². The van der Waals surface area contributed by atoms with Crippen LogP contribution in [0.25, 0.3) is 5.69 Å². The van der Waals surface area contributed by atoms with Crippen molar-refractivity contribution >= 4 is 11.6 Å². The summed E-state index contributed by atoms with van der Waals surface area (Å²) in [5.41, 5.74) is 1.87. The number of carbonyl (C=O) groups excluding carboxylic acids is 1. The maximum Gasteiger partial charge on any atom is 0.275 e. The summed E-state index contributed by atoms with van der Waals surface area (Å²) >= 11 is 0. The van der Waals surface area contributed by atoms with E-state index >= 15 is 0 Å². The van der Waals surface area contributed by atoms with Crippen molar-refractivity contribution in [3.63, 3.8) is 0 Å². The zero-order valence-corrected chi connectivity index (χ0v) is 14.0.